The lowest BCUT2D eigenvalue weighted by molar-refractivity contribution is 0.0563. The second kappa shape index (κ2) is 8.95. The molecule has 4 rings (SSSR count). The molecule has 0 fully saturated rings. The van der Waals surface area contributed by atoms with Crippen LogP contribution in [0.25, 0.3) is 17.1 Å². The predicted octanol–water partition coefficient (Wildman–Crippen LogP) is 5.91. The van der Waals surface area contributed by atoms with Crippen LogP contribution in [0.3, 0.4) is 0 Å². The Balaban J connectivity index is 1.72. The van der Waals surface area contributed by atoms with Gasteiger partial charge in [-0.2, -0.15) is 0 Å². The van der Waals surface area contributed by atoms with Crippen LogP contribution in [0.1, 0.15) is 16.3 Å². The number of ether oxygens (including phenoxy) is 1. The van der Waals surface area contributed by atoms with Gasteiger partial charge in [-0.05, 0) is 36.4 Å². The Hall–Kier alpha value is -2.74. The molecule has 0 aliphatic heterocycles. The third-order valence-corrected chi connectivity index (χ3v) is 5.83. The van der Waals surface area contributed by atoms with Gasteiger partial charge >= 0.3 is 5.97 Å². The van der Waals surface area contributed by atoms with Gasteiger partial charge in [0.25, 0.3) is 0 Å². The van der Waals surface area contributed by atoms with Crippen LogP contribution in [-0.2, 0) is 10.5 Å². The van der Waals surface area contributed by atoms with Gasteiger partial charge in [0.2, 0.25) is 5.76 Å². The van der Waals surface area contributed by atoms with Crippen molar-refractivity contribution in [2.24, 2.45) is 0 Å². The van der Waals surface area contributed by atoms with Crippen LogP contribution in [0.5, 0.6) is 0 Å². The number of halogens is 2. The Morgan fingerprint density at radius 2 is 1.77 bits per heavy atom. The third-order valence-electron chi connectivity index (χ3n) is 4.23. The van der Waals surface area contributed by atoms with E-state index in [-0.39, 0.29) is 5.76 Å². The first kappa shape index (κ1) is 20.5. The lowest BCUT2D eigenvalue weighted by Gasteiger charge is -2.12. The minimum absolute atomic E-state index is 0.150. The van der Waals surface area contributed by atoms with Gasteiger partial charge in [-0.25, -0.2) is 4.79 Å². The Labute approximate surface area is 186 Å². The number of benzene rings is 2. The number of thioether (sulfide) groups is 1. The van der Waals surface area contributed by atoms with E-state index < -0.39 is 5.97 Å². The maximum Gasteiger partial charge on any atom is 0.373 e. The van der Waals surface area contributed by atoms with Gasteiger partial charge in [0.05, 0.1) is 28.6 Å². The summed E-state index contributed by atoms with van der Waals surface area (Å²) in [6.07, 6.45) is 0. The van der Waals surface area contributed by atoms with Crippen LogP contribution in [0, 0.1) is 0 Å². The average Bonchev–Trinajstić information content (AvgIpc) is 3.39. The van der Waals surface area contributed by atoms with Gasteiger partial charge in [-0.1, -0.05) is 59.2 Å². The molecule has 0 N–H and O–H groups in total. The highest BCUT2D eigenvalue weighted by atomic mass is 35.5. The zero-order valence-corrected chi connectivity index (χ0v) is 18.0. The Kier molecular flexibility index (Phi) is 6.13. The van der Waals surface area contributed by atoms with Crippen LogP contribution in [0.15, 0.2) is 70.2 Å². The van der Waals surface area contributed by atoms with Crippen molar-refractivity contribution in [2.75, 3.05) is 7.11 Å². The molecule has 30 heavy (non-hydrogen) atoms. The molecule has 0 saturated heterocycles. The van der Waals surface area contributed by atoms with Gasteiger partial charge in [-0.3, -0.25) is 4.57 Å². The summed E-state index contributed by atoms with van der Waals surface area (Å²) in [5.74, 6) is 1.24. The molecule has 0 amide bonds. The summed E-state index contributed by atoms with van der Waals surface area (Å²) in [6.45, 7) is 0. The Bertz CT molecular complexity index is 1210. The molecule has 2 aromatic heterocycles. The van der Waals surface area contributed by atoms with E-state index in [9.17, 15) is 4.79 Å². The summed E-state index contributed by atoms with van der Waals surface area (Å²) in [6, 6.07) is 18.2. The zero-order chi connectivity index (χ0) is 21.1. The molecule has 0 saturated carbocycles. The van der Waals surface area contributed by atoms with E-state index in [1.54, 1.807) is 24.3 Å². The summed E-state index contributed by atoms with van der Waals surface area (Å²) in [4.78, 5) is 11.6. The molecule has 4 aromatic rings. The molecule has 0 unspecified atom stereocenters. The predicted molar refractivity (Wildman–Crippen MR) is 116 cm³/mol. The SMILES string of the molecule is COC(=O)c1ccc(CSc2nnc(-c3ccccc3Cl)n2-c2ccccc2Cl)o1. The summed E-state index contributed by atoms with van der Waals surface area (Å²) in [5.41, 5.74) is 1.47. The topological polar surface area (TPSA) is 70.2 Å². The average molecular weight is 460 g/mol. The van der Waals surface area contributed by atoms with Gasteiger partial charge in [0.1, 0.15) is 5.76 Å². The lowest BCUT2D eigenvalue weighted by Crippen LogP contribution is -2.01. The molecule has 152 valence electrons. The number of aromatic nitrogens is 3. The molecule has 2 heterocycles. The highest BCUT2D eigenvalue weighted by Crippen LogP contribution is 2.35. The summed E-state index contributed by atoms with van der Waals surface area (Å²) in [5, 5.41) is 10.4. The Morgan fingerprint density at radius 3 is 2.50 bits per heavy atom. The largest absolute Gasteiger partial charge is 0.463 e. The monoisotopic (exact) mass is 459 g/mol. The molecule has 0 bridgehead atoms. The minimum Gasteiger partial charge on any atom is -0.463 e. The summed E-state index contributed by atoms with van der Waals surface area (Å²) >= 11 is 14.3. The van der Waals surface area contributed by atoms with Crippen molar-refractivity contribution in [2.45, 2.75) is 10.9 Å². The van der Waals surface area contributed by atoms with E-state index in [0.717, 1.165) is 11.3 Å². The smallest absolute Gasteiger partial charge is 0.373 e. The first-order chi connectivity index (χ1) is 14.6. The summed E-state index contributed by atoms with van der Waals surface area (Å²) in [7, 11) is 1.31. The first-order valence-electron chi connectivity index (χ1n) is 8.83. The van der Waals surface area contributed by atoms with Crippen LogP contribution in [0.4, 0.5) is 0 Å². The standard InChI is InChI=1S/C21H15Cl2N3O3S/c1-28-20(27)18-11-10-13(29-18)12-30-21-25-24-19(14-6-2-3-7-15(14)22)26(21)17-9-5-4-8-16(17)23/h2-11H,12H2,1H3. The third kappa shape index (κ3) is 4.09. The number of methoxy groups -OCH3 is 1. The van der Waals surface area contributed by atoms with E-state index in [0.29, 0.717) is 32.5 Å². The number of rotatable bonds is 6. The van der Waals surface area contributed by atoms with E-state index in [1.807, 2.05) is 41.0 Å². The summed E-state index contributed by atoms with van der Waals surface area (Å²) < 4.78 is 12.1. The van der Waals surface area contributed by atoms with Crippen molar-refractivity contribution in [3.05, 3.63) is 82.2 Å². The molecule has 9 heteroatoms. The van der Waals surface area contributed by atoms with Crippen molar-refractivity contribution in [3.8, 4) is 17.1 Å². The van der Waals surface area contributed by atoms with Crippen molar-refractivity contribution in [3.63, 3.8) is 0 Å². The number of para-hydroxylation sites is 1. The fourth-order valence-corrected chi connectivity index (χ4v) is 4.11. The molecule has 0 radical (unpaired) electrons. The lowest BCUT2D eigenvalue weighted by atomic mass is 10.2. The number of carbonyl (C=O) groups is 1. The normalized spacial score (nSPS) is 10.9. The van der Waals surface area contributed by atoms with E-state index in [4.69, 9.17) is 27.6 Å². The van der Waals surface area contributed by atoms with Crippen molar-refractivity contribution >= 4 is 40.9 Å². The second-order valence-electron chi connectivity index (χ2n) is 6.12. The van der Waals surface area contributed by atoms with Gasteiger partial charge in [0, 0.05) is 5.56 Å². The van der Waals surface area contributed by atoms with Gasteiger partial charge < -0.3 is 9.15 Å². The van der Waals surface area contributed by atoms with Crippen LogP contribution in [0.2, 0.25) is 10.0 Å². The maximum atomic E-state index is 11.6. The van der Waals surface area contributed by atoms with Crippen molar-refractivity contribution in [1.82, 2.24) is 14.8 Å². The number of esters is 1. The fourth-order valence-electron chi connectivity index (χ4n) is 2.83. The minimum atomic E-state index is -0.522. The molecule has 0 aliphatic rings. The highest BCUT2D eigenvalue weighted by Gasteiger charge is 2.20. The molecular weight excluding hydrogens is 445 g/mol. The Morgan fingerprint density at radius 1 is 1.03 bits per heavy atom. The number of hydrogen-bond donors (Lipinski definition) is 0. The zero-order valence-electron chi connectivity index (χ0n) is 15.7. The van der Waals surface area contributed by atoms with E-state index in [1.165, 1.54) is 18.9 Å². The molecule has 0 spiro atoms. The molecular formula is C21H15Cl2N3O3S. The molecule has 0 aliphatic carbocycles. The fraction of sp³-hybridized carbons (Fsp3) is 0.0952. The van der Waals surface area contributed by atoms with Crippen molar-refractivity contribution < 1.29 is 13.9 Å². The van der Waals surface area contributed by atoms with Crippen LogP contribution >= 0.6 is 35.0 Å². The number of hydrogen-bond acceptors (Lipinski definition) is 6. The van der Waals surface area contributed by atoms with Gasteiger partial charge in [-0.15, -0.1) is 10.2 Å². The molecule has 0 atom stereocenters. The number of furan rings is 1. The van der Waals surface area contributed by atoms with Crippen LogP contribution < -0.4 is 0 Å². The first-order valence-corrected chi connectivity index (χ1v) is 10.6. The highest BCUT2D eigenvalue weighted by molar-refractivity contribution is 7.98. The van der Waals surface area contributed by atoms with Crippen molar-refractivity contribution in [1.29, 1.82) is 0 Å². The quantitative estimate of drug-likeness (QED) is 0.263. The van der Waals surface area contributed by atoms with Gasteiger partial charge in [0.15, 0.2) is 11.0 Å². The van der Waals surface area contributed by atoms with E-state index >= 15 is 0 Å². The number of nitrogens with zero attached hydrogens (tertiary/aromatic N) is 3. The van der Waals surface area contributed by atoms with Crippen LogP contribution in [-0.4, -0.2) is 27.8 Å². The number of carbonyl (C=O) groups excluding carboxylic acids is 1. The molecule has 2 aromatic carbocycles. The second-order valence-corrected chi connectivity index (χ2v) is 7.88. The maximum absolute atomic E-state index is 11.6. The van der Waals surface area contributed by atoms with E-state index in [2.05, 4.69) is 14.9 Å². The molecule has 6 nitrogen and oxygen atoms in total.